The molecule has 2 heterocycles. The lowest BCUT2D eigenvalue weighted by atomic mass is 10.0. The second kappa shape index (κ2) is 2.58. The predicted octanol–water partition coefficient (Wildman–Crippen LogP) is 0.322. The number of amides is 1. The summed E-state index contributed by atoms with van der Waals surface area (Å²) in [6.45, 7) is 1.39. The first kappa shape index (κ1) is 9.67. The van der Waals surface area contributed by atoms with Crippen molar-refractivity contribution in [2.24, 2.45) is 5.73 Å². The van der Waals surface area contributed by atoms with Crippen molar-refractivity contribution in [1.82, 2.24) is 0 Å². The third-order valence-corrected chi connectivity index (χ3v) is 6.57. The Balaban J connectivity index is 2.69. The number of carbonyl (C=O) groups is 1. The van der Waals surface area contributed by atoms with Gasteiger partial charge in [0.15, 0.2) is 4.75 Å². The number of sulfone groups is 1. The van der Waals surface area contributed by atoms with Crippen molar-refractivity contribution in [3.63, 3.8) is 0 Å². The van der Waals surface area contributed by atoms with Crippen LogP contribution in [0.5, 0.6) is 0 Å². The Morgan fingerprint density at radius 2 is 2.29 bits per heavy atom. The molecule has 6 heteroatoms. The van der Waals surface area contributed by atoms with Crippen molar-refractivity contribution in [1.29, 1.82) is 0 Å². The molecule has 1 aromatic rings. The molecule has 1 unspecified atom stereocenters. The number of primary amides is 1. The van der Waals surface area contributed by atoms with Gasteiger partial charge >= 0.3 is 0 Å². The Morgan fingerprint density at radius 1 is 1.64 bits per heavy atom. The summed E-state index contributed by atoms with van der Waals surface area (Å²) in [7, 11) is -3.56. The Hall–Kier alpha value is -0.880. The normalized spacial score (nSPS) is 28.6. The van der Waals surface area contributed by atoms with E-state index in [0.29, 0.717) is 9.77 Å². The molecule has 0 bridgehead atoms. The molecule has 0 saturated carbocycles. The second-order valence-electron chi connectivity index (χ2n) is 3.51. The molecular weight excluding hydrogens is 222 g/mol. The Morgan fingerprint density at radius 3 is 2.79 bits per heavy atom. The fourth-order valence-electron chi connectivity index (χ4n) is 1.57. The van der Waals surface area contributed by atoms with Crippen LogP contribution in [0.4, 0.5) is 0 Å². The van der Waals surface area contributed by atoms with Gasteiger partial charge in [-0.25, -0.2) is 8.42 Å². The third-order valence-electron chi connectivity index (χ3n) is 2.59. The first-order chi connectivity index (χ1) is 6.39. The van der Waals surface area contributed by atoms with Gasteiger partial charge in [0, 0.05) is 6.42 Å². The highest BCUT2D eigenvalue weighted by atomic mass is 32.2. The van der Waals surface area contributed by atoms with E-state index in [-0.39, 0.29) is 6.42 Å². The quantitative estimate of drug-likeness (QED) is 0.756. The van der Waals surface area contributed by atoms with Crippen LogP contribution in [0.2, 0.25) is 0 Å². The molecule has 2 N–H and O–H groups in total. The van der Waals surface area contributed by atoms with Crippen LogP contribution in [-0.4, -0.2) is 19.1 Å². The van der Waals surface area contributed by atoms with Crippen molar-refractivity contribution in [2.75, 3.05) is 0 Å². The molecule has 0 spiro atoms. The molecule has 0 saturated heterocycles. The highest BCUT2D eigenvalue weighted by molar-refractivity contribution is 7.95. The molecular formula is C8H9NO3S2. The molecule has 0 fully saturated rings. The van der Waals surface area contributed by atoms with E-state index in [1.54, 1.807) is 11.4 Å². The second-order valence-corrected chi connectivity index (χ2v) is 7.00. The van der Waals surface area contributed by atoms with Crippen molar-refractivity contribution in [3.8, 4) is 0 Å². The van der Waals surface area contributed by atoms with Gasteiger partial charge in [-0.05, 0) is 23.9 Å². The van der Waals surface area contributed by atoms with E-state index in [9.17, 15) is 13.2 Å². The van der Waals surface area contributed by atoms with Gasteiger partial charge < -0.3 is 5.73 Å². The van der Waals surface area contributed by atoms with Crippen LogP contribution >= 0.6 is 11.3 Å². The molecule has 1 amide bonds. The largest absolute Gasteiger partial charge is 0.368 e. The molecule has 2 rings (SSSR count). The Labute approximate surface area is 85.7 Å². The van der Waals surface area contributed by atoms with Crippen molar-refractivity contribution in [3.05, 3.63) is 17.0 Å². The summed E-state index contributed by atoms with van der Waals surface area (Å²) >= 11 is 1.14. The van der Waals surface area contributed by atoms with Gasteiger partial charge in [-0.3, -0.25) is 4.79 Å². The molecule has 1 aliphatic rings. The molecule has 1 atom stereocenters. The van der Waals surface area contributed by atoms with Gasteiger partial charge in [0.2, 0.25) is 15.7 Å². The van der Waals surface area contributed by atoms with Crippen LogP contribution in [0.3, 0.4) is 0 Å². The predicted molar refractivity (Wildman–Crippen MR) is 52.8 cm³/mol. The zero-order chi connectivity index (χ0) is 10.6. The zero-order valence-corrected chi connectivity index (χ0v) is 9.11. The lowest BCUT2D eigenvalue weighted by Gasteiger charge is -2.17. The van der Waals surface area contributed by atoms with E-state index < -0.39 is 20.5 Å². The van der Waals surface area contributed by atoms with Crippen molar-refractivity contribution >= 4 is 27.1 Å². The van der Waals surface area contributed by atoms with Crippen LogP contribution in [0.15, 0.2) is 15.7 Å². The van der Waals surface area contributed by atoms with Gasteiger partial charge in [-0.2, -0.15) is 0 Å². The molecule has 0 aromatic carbocycles. The molecule has 76 valence electrons. The van der Waals surface area contributed by atoms with E-state index in [4.69, 9.17) is 5.73 Å². The first-order valence-electron chi connectivity index (χ1n) is 4.00. The summed E-state index contributed by atoms with van der Waals surface area (Å²) in [5, 5.41) is 1.71. The van der Waals surface area contributed by atoms with E-state index in [1.807, 2.05) is 0 Å². The lowest BCUT2D eigenvalue weighted by molar-refractivity contribution is -0.120. The van der Waals surface area contributed by atoms with Gasteiger partial charge in [-0.15, -0.1) is 11.3 Å². The minimum Gasteiger partial charge on any atom is -0.368 e. The SMILES string of the molecule is CC1(C(N)=O)Cc2ccsc2S1(=O)=O. The van der Waals surface area contributed by atoms with E-state index in [0.717, 1.165) is 11.3 Å². The first-order valence-corrected chi connectivity index (χ1v) is 6.37. The Bertz CT molecular complexity index is 502. The fraction of sp³-hybridized carbons (Fsp3) is 0.375. The monoisotopic (exact) mass is 231 g/mol. The summed E-state index contributed by atoms with van der Waals surface area (Å²) in [4.78, 5) is 11.2. The number of rotatable bonds is 1. The van der Waals surface area contributed by atoms with Crippen molar-refractivity contribution in [2.45, 2.75) is 22.3 Å². The summed E-state index contributed by atoms with van der Waals surface area (Å²) in [6.07, 6.45) is 0.198. The maximum Gasteiger partial charge on any atom is 0.239 e. The smallest absolute Gasteiger partial charge is 0.239 e. The van der Waals surface area contributed by atoms with Crippen LogP contribution in [-0.2, 0) is 21.1 Å². The van der Waals surface area contributed by atoms with Crippen molar-refractivity contribution < 1.29 is 13.2 Å². The summed E-state index contributed by atoms with van der Waals surface area (Å²) in [6, 6.07) is 1.73. The topological polar surface area (TPSA) is 77.2 Å². The summed E-state index contributed by atoms with van der Waals surface area (Å²) < 4.78 is 22.7. The number of carbonyl (C=O) groups excluding carboxylic acids is 1. The summed E-state index contributed by atoms with van der Waals surface area (Å²) in [5.41, 5.74) is 5.84. The van der Waals surface area contributed by atoms with Crippen LogP contribution in [0.1, 0.15) is 12.5 Å². The number of nitrogens with two attached hydrogens (primary N) is 1. The van der Waals surface area contributed by atoms with E-state index in [2.05, 4.69) is 0 Å². The lowest BCUT2D eigenvalue weighted by Crippen LogP contribution is -2.46. The molecule has 4 nitrogen and oxygen atoms in total. The Kier molecular flexibility index (Phi) is 1.78. The average Bonchev–Trinajstić information content (AvgIpc) is 2.57. The van der Waals surface area contributed by atoms with Crippen LogP contribution in [0.25, 0.3) is 0 Å². The van der Waals surface area contributed by atoms with Gasteiger partial charge in [0.25, 0.3) is 0 Å². The highest BCUT2D eigenvalue weighted by Crippen LogP contribution is 2.41. The number of hydrogen-bond acceptors (Lipinski definition) is 4. The van der Waals surface area contributed by atoms with Gasteiger partial charge in [0.05, 0.1) is 0 Å². The average molecular weight is 231 g/mol. The number of hydrogen-bond donors (Lipinski definition) is 1. The highest BCUT2D eigenvalue weighted by Gasteiger charge is 2.52. The van der Waals surface area contributed by atoms with E-state index in [1.165, 1.54) is 6.92 Å². The number of thiophene rings is 1. The van der Waals surface area contributed by atoms with Gasteiger partial charge in [0.1, 0.15) is 4.21 Å². The third kappa shape index (κ3) is 0.923. The summed E-state index contributed by atoms with van der Waals surface area (Å²) in [5.74, 6) is -0.777. The minimum absolute atomic E-state index is 0.198. The molecule has 1 aromatic heterocycles. The molecule has 0 radical (unpaired) electrons. The van der Waals surface area contributed by atoms with Crippen LogP contribution in [0, 0.1) is 0 Å². The van der Waals surface area contributed by atoms with Crippen LogP contribution < -0.4 is 5.73 Å². The molecule has 0 aliphatic carbocycles. The number of fused-ring (bicyclic) bond motifs is 1. The van der Waals surface area contributed by atoms with E-state index >= 15 is 0 Å². The zero-order valence-electron chi connectivity index (χ0n) is 7.48. The molecule has 14 heavy (non-hydrogen) atoms. The fourth-order valence-corrected chi connectivity index (χ4v) is 4.95. The maximum atomic E-state index is 11.9. The molecule has 1 aliphatic heterocycles. The maximum absolute atomic E-state index is 11.9. The minimum atomic E-state index is -3.56. The standard InChI is InChI=1S/C8H9NO3S2/c1-8(7(9)10)4-5-2-3-13-6(5)14(8,11)12/h2-3H,4H2,1H3,(H2,9,10). The van der Waals surface area contributed by atoms with Gasteiger partial charge in [-0.1, -0.05) is 0 Å².